The fraction of sp³-hybridized carbons (Fsp3) is 0.400. The molecule has 0 aliphatic carbocycles. The molecule has 0 radical (unpaired) electrons. The highest BCUT2D eigenvalue weighted by atomic mass is 32.1. The van der Waals surface area contributed by atoms with Gasteiger partial charge in [0.2, 0.25) is 0 Å². The Balaban J connectivity index is 2.05. The molecule has 3 heteroatoms. The molecule has 1 unspecified atom stereocenters. The average molecular weight is 260 g/mol. The Morgan fingerprint density at radius 3 is 2.28 bits per heavy atom. The summed E-state index contributed by atoms with van der Waals surface area (Å²) in [7, 11) is 0. The summed E-state index contributed by atoms with van der Waals surface area (Å²) >= 11 is 1.70. The van der Waals surface area contributed by atoms with Gasteiger partial charge in [-0.1, -0.05) is 26.0 Å². The third-order valence-corrected chi connectivity index (χ3v) is 3.83. The molecule has 0 amide bonds. The average Bonchev–Trinajstić information content (AvgIpc) is 2.76. The number of thiazole rings is 1. The Kier molecular flexibility index (Phi) is 4.02. The molecule has 18 heavy (non-hydrogen) atoms. The molecule has 1 aromatic carbocycles. The van der Waals surface area contributed by atoms with E-state index in [1.54, 1.807) is 11.3 Å². The molecular formula is C15H20N2S. The number of benzene rings is 1. The van der Waals surface area contributed by atoms with Crippen LogP contribution in [0, 0.1) is 6.92 Å². The third kappa shape index (κ3) is 3.10. The predicted molar refractivity (Wildman–Crippen MR) is 79.4 cm³/mol. The van der Waals surface area contributed by atoms with E-state index in [1.165, 1.54) is 5.56 Å². The van der Waals surface area contributed by atoms with Crippen molar-refractivity contribution in [2.45, 2.75) is 39.7 Å². The monoisotopic (exact) mass is 260 g/mol. The van der Waals surface area contributed by atoms with Crippen LogP contribution in [0.4, 0.5) is 5.69 Å². The summed E-state index contributed by atoms with van der Waals surface area (Å²) in [5.74, 6) is 0.581. The van der Waals surface area contributed by atoms with Gasteiger partial charge < -0.3 is 5.32 Å². The highest BCUT2D eigenvalue weighted by Gasteiger charge is 2.08. The van der Waals surface area contributed by atoms with Gasteiger partial charge in [0.25, 0.3) is 0 Å². The molecule has 0 aliphatic rings. The van der Waals surface area contributed by atoms with Crippen molar-refractivity contribution in [3.8, 4) is 0 Å². The van der Waals surface area contributed by atoms with Crippen LogP contribution in [-0.4, -0.2) is 4.98 Å². The topological polar surface area (TPSA) is 24.9 Å². The molecule has 0 aliphatic heterocycles. The molecule has 1 heterocycles. The summed E-state index contributed by atoms with van der Waals surface area (Å²) in [5.41, 5.74) is 3.64. The largest absolute Gasteiger partial charge is 0.377 e. The Labute approximate surface area is 113 Å². The number of hydrogen-bond donors (Lipinski definition) is 1. The first-order chi connectivity index (χ1) is 8.56. The van der Waals surface area contributed by atoms with Gasteiger partial charge >= 0.3 is 0 Å². The fourth-order valence-corrected chi connectivity index (χ4v) is 2.57. The number of aryl methyl sites for hydroxylation is 1. The van der Waals surface area contributed by atoms with Crippen LogP contribution in [-0.2, 0) is 0 Å². The molecule has 1 atom stereocenters. The smallest absolute Gasteiger partial charge is 0.0898 e. The number of nitrogens with one attached hydrogen (secondary N) is 1. The predicted octanol–water partition coefficient (Wildman–Crippen LogP) is 4.75. The van der Waals surface area contributed by atoms with Crippen molar-refractivity contribution in [3.63, 3.8) is 0 Å². The van der Waals surface area contributed by atoms with Crippen molar-refractivity contribution in [1.29, 1.82) is 0 Å². The van der Waals surface area contributed by atoms with Crippen LogP contribution in [0.1, 0.15) is 49.0 Å². The van der Waals surface area contributed by atoms with Crippen molar-refractivity contribution >= 4 is 17.0 Å². The Morgan fingerprint density at radius 2 is 1.78 bits per heavy atom. The molecule has 0 bridgehead atoms. The normalized spacial score (nSPS) is 12.7. The van der Waals surface area contributed by atoms with Gasteiger partial charge in [-0.2, -0.15) is 0 Å². The minimum Gasteiger partial charge on any atom is -0.377 e. The number of nitrogens with zero attached hydrogens (tertiary/aromatic N) is 1. The maximum Gasteiger partial charge on any atom is 0.0898 e. The van der Waals surface area contributed by atoms with Gasteiger partial charge in [-0.25, -0.2) is 4.98 Å². The van der Waals surface area contributed by atoms with Crippen LogP contribution in [0.5, 0.6) is 0 Å². The van der Waals surface area contributed by atoms with E-state index in [0.29, 0.717) is 5.92 Å². The Morgan fingerprint density at radius 1 is 1.11 bits per heavy atom. The van der Waals surface area contributed by atoms with Crippen molar-refractivity contribution < 1.29 is 0 Å². The van der Waals surface area contributed by atoms with E-state index in [0.717, 1.165) is 16.4 Å². The first-order valence-electron chi connectivity index (χ1n) is 6.35. The first kappa shape index (κ1) is 13.1. The minimum absolute atomic E-state index is 0.250. The fourth-order valence-electron chi connectivity index (χ4n) is 1.87. The maximum absolute atomic E-state index is 4.51. The number of hydrogen-bond acceptors (Lipinski definition) is 3. The second-order valence-corrected chi connectivity index (χ2v) is 6.00. The van der Waals surface area contributed by atoms with Crippen LogP contribution in [0.25, 0.3) is 0 Å². The second-order valence-electron chi connectivity index (χ2n) is 4.93. The van der Waals surface area contributed by atoms with Crippen LogP contribution in [0.15, 0.2) is 29.6 Å². The van der Waals surface area contributed by atoms with E-state index in [1.807, 2.05) is 6.92 Å². The molecule has 96 valence electrons. The van der Waals surface area contributed by atoms with E-state index in [2.05, 4.69) is 60.7 Å². The van der Waals surface area contributed by atoms with Gasteiger partial charge in [-0.3, -0.25) is 0 Å². The highest BCUT2D eigenvalue weighted by molar-refractivity contribution is 7.09. The van der Waals surface area contributed by atoms with E-state index in [4.69, 9.17) is 0 Å². The molecule has 0 saturated heterocycles. The minimum atomic E-state index is 0.250. The highest BCUT2D eigenvalue weighted by Crippen LogP contribution is 2.22. The molecule has 2 rings (SSSR count). The Bertz CT molecular complexity index is 499. The van der Waals surface area contributed by atoms with Gasteiger partial charge in [-0.15, -0.1) is 11.3 Å². The molecule has 1 N–H and O–H groups in total. The molecule has 2 aromatic rings. The molecule has 2 nitrogen and oxygen atoms in total. The summed E-state index contributed by atoms with van der Waals surface area (Å²) in [5, 5.41) is 6.72. The van der Waals surface area contributed by atoms with Crippen LogP contribution in [0.3, 0.4) is 0 Å². The van der Waals surface area contributed by atoms with Crippen LogP contribution in [0.2, 0.25) is 0 Å². The SMILES string of the molecule is Cc1nc(C(C)Nc2ccc(C(C)C)cc2)cs1. The van der Waals surface area contributed by atoms with Gasteiger partial charge in [-0.05, 0) is 37.5 Å². The van der Waals surface area contributed by atoms with Crippen molar-refractivity contribution in [2.75, 3.05) is 5.32 Å². The lowest BCUT2D eigenvalue weighted by Crippen LogP contribution is -2.07. The van der Waals surface area contributed by atoms with E-state index < -0.39 is 0 Å². The van der Waals surface area contributed by atoms with Crippen LogP contribution >= 0.6 is 11.3 Å². The molecular weight excluding hydrogens is 240 g/mol. The van der Waals surface area contributed by atoms with Crippen molar-refractivity contribution in [2.24, 2.45) is 0 Å². The number of rotatable bonds is 4. The molecule has 0 saturated carbocycles. The van der Waals surface area contributed by atoms with Gasteiger partial charge in [0.1, 0.15) is 0 Å². The van der Waals surface area contributed by atoms with Crippen molar-refractivity contribution in [1.82, 2.24) is 4.98 Å². The van der Waals surface area contributed by atoms with Crippen molar-refractivity contribution in [3.05, 3.63) is 45.9 Å². The summed E-state index contributed by atoms with van der Waals surface area (Å²) in [6.45, 7) is 8.61. The summed E-state index contributed by atoms with van der Waals surface area (Å²) in [4.78, 5) is 4.51. The quantitative estimate of drug-likeness (QED) is 0.858. The zero-order valence-corrected chi connectivity index (χ0v) is 12.2. The van der Waals surface area contributed by atoms with Gasteiger partial charge in [0.05, 0.1) is 16.7 Å². The summed E-state index contributed by atoms with van der Waals surface area (Å²) in [6.07, 6.45) is 0. The maximum atomic E-state index is 4.51. The zero-order valence-electron chi connectivity index (χ0n) is 11.4. The lowest BCUT2D eigenvalue weighted by Gasteiger charge is -2.14. The first-order valence-corrected chi connectivity index (χ1v) is 7.22. The second kappa shape index (κ2) is 5.53. The lowest BCUT2D eigenvalue weighted by atomic mass is 10.0. The molecule has 0 fully saturated rings. The Hall–Kier alpha value is -1.35. The zero-order chi connectivity index (χ0) is 13.1. The molecule has 0 spiro atoms. The molecule has 1 aromatic heterocycles. The third-order valence-electron chi connectivity index (χ3n) is 3.04. The number of anilines is 1. The van der Waals surface area contributed by atoms with E-state index in [-0.39, 0.29) is 6.04 Å². The summed E-state index contributed by atoms with van der Waals surface area (Å²) < 4.78 is 0. The van der Waals surface area contributed by atoms with E-state index in [9.17, 15) is 0 Å². The van der Waals surface area contributed by atoms with Gasteiger partial charge in [0, 0.05) is 11.1 Å². The standard InChI is InChI=1S/C15H20N2S/c1-10(2)13-5-7-14(8-6-13)16-11(3)15-9-18-12(4)17-15/h5-11,16H,1-4H3. The number of aromatic nitrogens is 1. The van der Waals surface area contributed by atoms with E-state index >= 15 is 0 Å². The van der Waals surface area contributed by atoms with Gasteiger partial charge in [0.15, 0.2) is 0 Å². The lowest BCUT2D eigenvalue weighted by molar-refractivity contribution is 0.842. The van der Waals surface area contributed by atoms with Crippen LogP contribution < -0.4 is 5.32 Å². The summed E-state index contributed by atoms with van der Waals surface area (Å²) in [6, 6.07) is 8.91.